The van der Waals surface area contributed by atoms with Crippen molar-refractivity contribution in [1.82, 2.24) is 9.55 Å². The summed E-state index contributed by atoms with van der Waals surface area (Å²) in [5, 5.41) is 23.0. The molecule has 1 aliphatic rings. The fourth-order valence-corrected chi connectivity index (χ4v) is 1.78. The molecule has 0 spiro atoms. The van der Waals surface area contributed by atoms with Crippen molar-refractivity contribution in [3.05, 3.63) is 15.9 Å². The van der Waals surface area contributed by atoms with Gasteiger partial charge in [0.1, 0.15) is 0 Å². The van der Waals surface area contributed by atoms with E-state index in [1.54, 1.807) is 18.5 Å². The number of aryl methyl sites for hydroxylation is 1. The highest BCUT2D eigenvalue weighted by Gasteiger charge is 2.31. The lowest BCUT2D eigenvalue weighted by molar-refractivity contribution is -0.388. The Balaban J connectivity index is 2.21. The molecule has 1 aromatic heterocycles. The SMILES string of the molecule is Cc1nc([N+](=O)[O-])c(NC2CC(O)C2)n1C. The standard InChI is InChI=1S/C9H14N4O3/c1-5-10-9(13(15)16)8(12(5)2)11-6-3-7(14)4-6/h6-7,11,14H,3-4H2,1-2H3. The molecule has 0 atom stereocenters. The molecule has 2 N–H and O–H groups in total. The smallest absolute Gasteiger partial charge is 0.393 e. The summed E-state index contributed by atoms with van der Waals surface area (Å²) in [7, 11) is 1.73. The van der Waals surface area contributed by atoms with Gasteiger partial charge in [-0.25, -0.2) is 0 Å². The number of hydrogen-bond donors (Lipinski definition) is 2. The lowest BCUT2D eigenvalue weighted by atomic mass is 9.89. The van der Waals surface area contributed by atoms with Gasteiger partial charge in [0.2, 0.25) is 11.6 Å². The van der Waals surface area contributed by atoms with Crippen LogP contribution in [0.5, 0.6) is 0 Å². The van der Waals surface area contributed by atoms with Gasteiger partial charge in [-0.15, -0.1) is 0 Å². The molecule has 0 saturated heterocycles. The number of aliphatic hydroxyl groups excluding tert-OH is 1. The molecule has 7 nitrogen and oxygen atoms in total. The maximum Gasteiger partial charge on any atom is 0.406 e. The highest BCUT2D eigenvalue weighted by atomic mass is 16.6. The molecule has 1 aromatic rings. The predicted molar refractivity (Wildman–Crippen MR) is 57.3 cm³/mol. The van der Waals surface area contributed by atoms with Crippen LogP contribution in [0.15, 0.2) is 0 Å². The third-order valence-electron chi connectivity index (χ3n) is 2.93. The highest BCUT2D eigenvalue weighted by Crippen LogP contribution is 2.29. The van der Waals surface area contributed by atoms with Gasteiger partial charge in [0.05, 0.1) is 6.10 Å². The van der Waals surface area contributed by atoms with Crippen molar-refractivity contribution < 1.29 is 10.0 Å². The average Bonchev–Trinajstić information content (AvgIpc) is 2.43. The second-order valence-electron chi connectivity index (χ2n) is 4.11. The van der Waals surface area contributed by atoms with E-state index in [1.165, 1.54) is 0 Å². The van der Waals surface area contributed by atoms with Crippen LogP contribution in [0.3, 0.4) is 0 Å². The van der Waals surface area contributed by atoms with Crippen LogP contribution in [0, 0.1) is 17.0 Å². The van der Waals surface area contributed by atoms with Gasteiger partial charge in [0.25, 0.3) is 0 Å². The normalized spacial score (nSPS) is 23.9. The van der Waals surface area contributed by atoms with Crippen LogP contribution in [0.4, 0.5) is 11.6 Å². The maximum atomic E-state index is 10.8. The first-order valence-electron chi connectivity index (χ1n) is 5.11. The minimum atomic E-state index is -0.496. The van der Waals surface area contributed by atoms with Crippen molar-refractivity contribution in [1.29, 1.82) is 0 Å². The van der Waals surface area contributed by atoms with E-state index in [-0.39, 0.29) is 18.0 Å². The Kier molecular flexibility index (Phi) is 2.55. The number of hydrogen-bond acceptors (Lipinski definition) is 5. The molecule has 1 heterocycles. The van der Waals surface area contributed by atoms with Gasteiger partial charge in [0.15, 0.2) is 0 Å². The van der Waals surface area contributed by atoms with Crippen molar-refractivity contribution in [3.63, 3.8) is 0 Å². The van der Waals surface area contributed by atoms with Crippen LogP contribution in [0.25, 0.3) is 0 Å². The first-order chi connectivity index (χ1) is 7.49. The van der Waals surface area contributed by atoms with Crippen LogP contribution >= 0.6 is 0 Å². The van der Waals surface area contributed by atoms with E-state index < -0.39 is 4.92 Å². The van der Waals surface area contributed by atoms with E-state index in [0.29, 0.717) is 24.5 Å². The third-order valence-corrected chi connectivity index (χ3v) is 2.93. The van der Waals surface area contributed by atoms with Crippen LogP contribution in [0.1, 0.15) is 18.7 Å². The Morgan fingerprint density at radius 3 is 2.75 bits per heavy atom. The Labute approximate surface area is 92.3 Å². The molecule has 2 rings (SSSR count). The zero-order chi connectivity index (χ0) is 11.9. The first kappa shape index (κ1) is 10.9. The summed E-state index contributed by atoms with van der Waals surface area (Å²) in [6.07, 6.45) is 0.967. The molecule has 0 radical (unpaired) electrons. The molecule has 7 heteroatoms. The van der Waals surface area contributed by atoms with Crippen LogP contribution < -0.4 is 5.32 Å². The summed E-state index contributed by atoms with van der Waals surface area (Å²) in [6, 6.07) is 0.100. The number of imidazole rings is 1. The monoisotopic (exact) mass is 226 g/mol. The van der Waals surface area contributed by atoms with Crippen molar-refractivity contribution in [2.75, 3.05) is 5.32 Å². The third kappa shape index (κ3) is 1.73. The average molecular weight is 226 g/mol. The number of nitrogens with zero attached hydrogens (tertiary/aromatic N) is 3. The van der Waals surface area contributed by atoms with Gasteiger partial charge in [-0.05, 0) is 22.7 Å². The quantitative estimate of drug-likeness (QED) is 0.580. The second-order valence-corrected chi connectivity index (χ2v) is 4.11. The molecule has 0 amide bonds. The molecule has 1 fully saturated rings. The van der Waals surface area contributed by atoms with Gasteiger partial charge in [-0.1, -0.05) is 0 Å². The summed E-state index contributed by atoms with van der Waals surface area (Å²) in [5.74, 6) is 0.856. The van der Waals surface area contributed by atoms with E-state index >= 15 is 0 Å². The molecule has 1 saturated carbocycles. The topological polar surface area (TPSA) is 93.2 Å². The van der Waals surface area contributed by atoms with Gasteiger partial charge < -0.3 is 20.5 Å². The Morgan fingerprint density at radius 2 is 2.25 bits per heavy atom. The maximum absolute atomic E-state index is 10.8. The Morgan fingerprint density at radius 1 is 1.62 bits per heavy atom. The number of anilines is 1. The van der Waals surface area contributed by atoms with Gasteiger partial charge >= 0.3 is 5.82 Å². The van der Waals surface area contributed by atoms with E-state index in [0.717, 1.165) is 0 Å². The molecule has 0 aliphatic heterocycles. The lowest BCUT2D eigenvalue weighted by Gasteiger charge is -2.32. The second kappa shape index (κ2) is 3.75. The fourth-order valence-electron chi connectivity index (χ4n) is 1.78. The highest BCUT2D eigenvalue weighted by molar-refractivity contribution is 5.54. The zero-order valence-corrected chi connectivity index (χ0v) is 9.17. The molecule has 16 heavy (non-hydrogen) atoms. The minimum absolute atomic E-state index is 0.100. The first-order valence-corrected chi connectivity index (χ1v) is 5.11. The number of nitrogens with one attached hydrogen (secondary N) is 1. The summed E-state index contributed by atoms with van der Waals surface area (Å²) in [5.41, 5.74) is 0. The largest absolute Gasteiger partial charge is 0.406 e. The van der Waals surface area contributed by atoms with Crippen LogP contribution in [-0.2, 0) is 7.05 Å². The van der Waals surface area contributed by atoms with Crippen molar-refractivity contribution in [3.8, 4) is 0 Å². The van der Waals surface area contributed by atoms with Gasteiger partial charge in [-0.2, -0.15) is 0 Å². The summed E-state index contributed by atoms with van der Waals surface area (Å²) in [6.45, 7) is 1.72. The summed E-state index contributed by atoms with van der Waals surface area (Å²) < 4.78 is 1.66. The zero-order valence-electron chi connectivity index (χ0n) is 9.17. The number of rotatable bonds is 3. The molecule has 0 bridgehead atoms. The molecule has 88 valence electrons. The summed E-state index contributed by atoms with van der Waals surface area (Å²) in [4.78, 5) is 14.2. The van der Waals surface area contributed by atoms with Crippen LogP contribution in [0.2, 0.25) is 0 Å². The number of nitro groups is 1. The molecule has 1 aliphatic carbocycles. The number of aromatic nitrogens is 2. The van der Waals surface area contributed by atoms with E-state index in [1.807, 2.05) is 0 Å². The van der Waals surface area contributed by atoms with Crippen molar-refractivity contribution >= 4 is 11.6 Å². The van der Waals surface area contributed by atoms with E-state index in [2.05, 4.69) is 10.3 Å². The van der Waals surface area contributed by atoms with Crippen LogP contribution in [-0.4, -0.2) is 31.7 Å². The fraction of sp³-hybridized carbons (Fsp3) is 0.667. The summed E-state index contributed by atoms with van der Waals surface area (Å²) >= 11 is 0. The Bertz CT molecular complexity index is 423. The lowest BCUT2D eigenvalue weighted by Crippen LogP contribution is -2.39. The van der Waals surface area contributed by atoms with E-state index in [4.69, 9.17) is 5.11 Å². The number of aliphatic hydroxyl groups is 1. The Hall–Kier alpha value is -1.63. The minimum Gasteiger partial charge on any atom is -0.393 e. The molecule has 0 unspecified atom stereocenters. The van der Waals surface area contributed by atoms with Gasteiger partial charge in [0, 0.05) is 20.0 Å². The molecular weight excluding hydrogens is 212 g/mol. The van der Waals surface area contributed by atoms with Crippen molar-refractivity contribution in [2.24, 2.45) is 7.05 Å². The van der Waals surface area contributed by atoms with Gasteiger partial charge in [-0.3, -0.25) is 4.57 Å². The van der Waals surface area contributed by atoms with Crippen molar-refractivity contribution in [2.45, 2.75) is 31.9 Å². The molecule has 0 aromatic carbocycles. The van der Waals surface area contributed by atoms with E-state index in [9.17, 15) is 10.1 Å². The molecular formula is C9H14N4O3. The predicted octanol–water partition coefficient (Wildman–Crippen LogP) is 0.572.